The number of β-amino-alcohol motifs (C(OH)–C–C–N with tert-alkyl or cyclic N) is 1. The van der Waals surface area contributed by atoms with Crippen LogP contribution in [0.5, 0.6) is 0 Å². The summed E-state index contributed by atoms with van der Waals surface area (Å²) in [5.41, 5.74) is 1.76. The van der Waals surface area contributed by atoms with Crippen LogP contribution in [-0.4, -0.2) is 58.8 Å². The summed E-state index contributed by atoms with van der Waals surface area (Å²) in [7, 11) is 3.44. The number of aromatic nitrogens is 7. The van der Waals surface area contributed by atoms with Gasteiger partial charge in [-0.25, -0.2) is 14.6 Å². The summed E-state index contributed by atoms with van der Waals surface area (Å²) >= 11 is 0. The van der Waals surface area contributed by atoms with Crippen molar-refractivity contribution in [2.24, 2.45) is 14.1 Å². The van der Waals surface area contributed by atoms with E-state index in [1.54, 1.807) is 29.7 Å². The number of rotatable bonds is 3. The van der Waals surface area contributed by atoms with Crippen LogP contribution in [0.2, 0.25) is 0 Å². The molecule has 160 valence electrons. The molecule has 0 aliphatic carbocycles. The number of halogens is 3. The zero-order valence-corrected chi connectivity index (χ0v) is 16.5. The largest absolute Gasteiger partial charge is 0.417 e. The van der Waals surface area contributed by atoms with Gasteiger partial charge in [0.05, 0.1) is 40.2 Å². The van der Waals surface area contributed by atoms with E-state index in [0.717, 1.165) is 12.3 Å². The van der Waals surface area contributed by atoms with E-state index in [4.69, 9.17) is 0 Å². The SMILES string of the molecule is Cn1ncc(-c2nn(C)c3ncnc(N4CC(O)C4)c23)c1-c1ccc(C(F)(F)F)cn1. The van der Waals surface area contributed by atoms with Crippen molar-refractivity contribution in [3.63, 3.8) is 0 Å². The fraction of sp³-hybridized carbons (Fsp3) is 0.316. The van der Waals surface area contributed by atoms with Crippen LogP contribution in [0.3, 0.4) is 0 Å². The van der Waals surface area contributed by atoms with Gasteiger partial charge in [0.1, 0.15) is 17.8 Å². The van der Waals surface area contributed by atoms with Crippen molar-refractivity contribution in [1.29, 1.82) is 0 Å². The first kappa shape index (κ1) is 19.4. The van der Waals surface area contributed by atoms with Crippen molar-refractivity contribution in [2.75, 3.05) is 18.0 Å². The van der Waals surface area contributed by atoms with Crippen LogP contribution in [0.4, 0.5) is 19.0 Å². The molecule has 4 aromatic heterocycles. The Kier molecular flexibility index (Phi) is 4.22. The highest BCUT2D eigenvalue weighted by atomic mass is 19.4. The third kappa shape index (κ3) is 3.10. The maximum absolute atomic E-state index is 12.9. The molecule has 1 fully saturated rings. The molecule has 4 aromatic rings. The number of nitrogens with zero attached hydrogens (tertiary/aromatic N) is 8. The van der Waals surface area contributed by atoms with Gasteiger partial charge in [-0.1, -0.05) is 0 Å². The molecular weight excluding hydrogens is 413 g/mol. The number of fused-ring (bicyclic) bond motifs is 1. The van der Waals surface area contributed by atoms with Gasteiger partial charge >= 0.3 is 6.18 Å². The molecule has 0 unspecified atom stereocenters. The van der Waals surface area contributed by atoms with E-state index in [9.17, 15) is 18.3 Å². The van der Waals surface area contributed by atoms with Gasteiger partial charge in [0.2, 0.25) is 0 Å². The second kappa shape index (κ2) is 6.74. The summed E-state index contributed by atoms with van der Waals surface area (Å²) in [4.78, 5) is 14.7. The monoisotopic (exact) mass is 430 g/mol. The molecule has 1 saturated heterocycles. The first-order valence-corrected chi connectivity index (χ1v) is 9.40. The van der Waals surface area contributed by atoms with Crippen molar-refractivity contribution in [3.05, 3.63) is 36.4 Å². The van der Waals surface area contributed by atoms with Crippen molar-refractivity contribution in [2.45, 2.75) is 12.3 Å². The number of pyridine rings is 1. The van der Waals surface area contributed by atoms with Crippen LogP contribution in [0.1, 0.15) is 5.56 Å². The first-order valence-electron chi connectivity index (χ1n) is 9.40. The molecule has 0 bridgehead atoms. The Balaban J connectivity index is 1.68. The van der Waals surface area contributed by atoms with E-state index < -0.39 is 17.8 Å². The lowest BCUT2D eigenvalue weighted by molar-refractivity contribution is -0.137. The highest BCUT2D eigenvalue weighted by molar-refractivity contribution is 6.01. The minimum Gasteiger partial charge on any atom is -0.389 e. The first-order chi connectivity index (χ1) is 14.7. The highest BCUT2D eigenvalue weighted by Gasteiger charge is 2.32. The Bertz CT molecular complexity index is 1270. The van der Waals surface area contributed by atoms with Crippen molar-refractivity contribution < 1.29 is 18.3 Å². The van der Waals surface area contributed by atoms with Crippen LogP contribution < -0.4 is 4.90 Å². The topological polar surface area (TPSA) is 97.8 Å². The molecule has 0 atom stereocenters. The van der Waals surface area contributed by atoms with E-state index >= 15 is 0 Å². The Morgan fingerprint density at radius 2 is 1.81 bits per heavy atom. The molecule has 0 spiro atoms. The predicted octanol–water partition coefficient (Wildman–Crippen LogP) is 2.03. The van der Waals surface area contributed by atoms with Gasteiger partial charge in [0.25, 0.3) is 0 Å². The molecule has 0 radical (unpaired) electrons. The standard InChI is InChI=1S/C19H17F3N8O/c1-28-16(13-4-3-10(5-23-13)19(20,21)22)12(6-26-28)15-14-17(29(2)27-15)24-9-25-18(14)30-7-11(31)8-30/h3-6,9,11,31H,7-8H2,1-2H3. The second-order valence-corrected chi connectivity index (χ2v) is 7.39. The fourth-order valence-corrected chi connectivity index (χ4v) is 3.74. The van der Waals surface area contributed by atoms with Crippen LogP contribution in [0.15, 0.2) is 30.9 Å². The highest BCUT2D eigenvalue weighted by Crippen LogP contribution is 2.39. The summed E-state index contributed by atoms with van der Waals surface area (Å²) in [6, 6.07) is 2.31. The van der Waals surface area contributed by atoms with Gasteiger partial charge in [0, 0.05) is 33.4 Å². The quantitative estimate of drug-likeness (QED) is 0.531. The summed E-state index contributed by atoms with van der Waals surface area (Å²) in [5, 5.41) is 19.3. The molecule has 9 nitrogen and oxygen atoms in total. The average molecular weight is 430 g/mol. The van der Waals surface area contributed by atoms with Gasteiger partial charge in [-0.2, -0.15) is 23.4 Å². The third-order valence-corrected chi connectivity index (χ3v) is 5.29. The summed E-state index contributed by atoms with van der Waals surface area (Å²) in [6.07, 6.45) is -1.05. The number of alkyl halides is 3. The van der Waals surface area contributed by atoms with E-state index in [1.165, 1.54) is 12.4 Å². The van der Waals surface area contributed by atoms with E-state index in [-0.39, 0.29) is 0 Å². The molecule has 5 rings (SSSR count). The second-order valence-electron chi connectivity index (χ2n) is 7.39. The van der Waals surface area contributed by atoms with Crippen molar-refractivity contribution >= 4 is 16.9 Å². The smallest absolute Gasteiger partial charge is 0.389 e. The van der Waals surface area contributed by atoms with E-state index in [1.807, 2.05) is 4.90 Å². The van der Waals surface area contributed by atoms with E-state index in [0.29, 0.717) is 52.6 Å². The van der Waals surface area contributed by atoms with Gasteiger partial charge in [-0.3, -0.25) is 9.67 Å². The zero-order chi connectivity index (χ0) is 21.9. The molecule has 1 aliphatic rings. The lowest BCUT2D eigenvalue weighted by atomic mass is 10.1. The molecule has 0 aromatic carbocycles. The molecule has 5 heterocycles. The van der Waals surface area contributed by atoms with Gasteiger partial charge in [0.15, 0.2) is 5.65 Å². The van der Waals surface area contributed by atoms with Gasteiger partial charge in [-0.15, -0.1) is 0 Å². The number of anilines is 1. The predicted molar refractivity (Wildman–Crippen MR) is 105 cm³/mol. The summed E-state index contributed by atoms with van der Waals surface area (Å²) in [5.74, 6) is 0.633. The minimum atomic E-state index is -4.47. The molecule has 12 heteroatoms. The number of aryl methyl sites for hydroxylation is 2. The Hall–Kier alpha value is -3.54. The molecule has 31 heavy (non-hydrogen) atoms. The van der Waals surface area contributed by atoms with Crippen LogP contribution in [-0.2, 0) is 20.3 Å². The van der Waals surface area contributed by atoms with Crippen LogP contribution >= 0.6 is 0 Å². The molecule has 0 saturated carbocycles. The van der Waals surface area contributed by atoms with Gasteiger partial charge < -0.3 is 10.0 Å². The maximum atomic E-state index is 12.9. The van der Waals surface area contributed by atoms with Crippen molar-refractivity contribution in [3.8, 4) is 22.6 Å². The lowest BCUT2D eigenvalue weighted by Crippen LogP contribution is -2.51. The number of hydrogen-bond acceptors (Lipinski definition) is 7. The van der Waals surface area contributed by atoms with Crippen LogP contribution in [0.25, 0.3) is 33.7 Å². The number of aliphatic hydroxyl groups excluding tert-OH is 1. The fourth-order valence-electron chi connectivity index (χ4n) is 3.74. The summed E-state index contributed by atoms with van der Waals surface area (Å²) in [6.45, 7) is 0.890. The van der Waals surface area contributed by atoms with E-state index in [2.05, 4.69) is 25.1 Å². The molecule has 0 amide bonds. The van der Waals surface area contributed by atoms with Crippen molar-refractivity contribution in [1.82, 2.24) is 34.5 Å². The number of aliphatic hydroxyl groups is 1. The number of hydrogen-bond donors (Lipinski definition) is 1. The Morgan fingerprint density at radius 1 is 1.03 bits per heavy atom. The van der Waals surface area contributed by atoms with Gasteiger partial charge in [-0.05, 0) is 12.1 Å². The normalized spacial score (nSPS) is 15.0. The minimum absolute atomic E-state index is 0.333. The Morgan fingerprint density at radius 3 is 2.45 bits per heavy atom. The zero-order valence-electron chi connectivity index (χ0n) is 16.5. The lowest BCUT2D eigenvalue weighted by Gasteiger charge is -2.37. The molecule has 1 aliphatic heterocycles. The molecule has 1 N–H and O–H groups in total. The average Bonchev–Trinajstić information content (AvgIpc) is 3.25. The maximum Gasteiger partial charge on any atom is 0.417 e. The van der Waals surface area contributed by atoms with Crippen LogP contribution in [0, 0.1) is 0 Å². The summed E-state index contributed by atoms with van der Waals surface area (Å²) < 4.78 is 42.0. The third-order valence-electron chi connectivity index (χ3n) is 5.29. The molecular formula is C19H17F3N8O. The Labute approximate surface area is 173 Å².